The number of rotatable bonds is 4. The van der Waals surface area contributed by atoms with Gasteiger partial charge in [-0.05, 0) is 5.56 Å². The van der Waals surface area contributed by atoms with Gasteiger partial charge in [0.15, 0.2) is 5.78 Å². The molecule has 4 N–H and O–H groups in total. The first-order chi connectivity index (χ1) is 9.11. The molecular formula is C15H14NNaO4. The minimum Gasteiger partial charge on any atom is -0.548 e. The van der Waals surface area contributed by atoms with Crippen molar-refractivity contribution in [1.29, 1.82) is 0 Å². The van der Waals surface area contributed by atoms with E-state index in [2.05, 4.69) is 0 Å². The van der Waals surface area contributed by atoms with Crippen molar-refractivity contribution in [3.8, 4) is 0 Å². The second-order valence-corrected chi connectivity index (χ2v) is 4.08. The zero-order valence-corrected chi connectivity index (χ0v) is 13.6. The van der Waals surface area contributed by atoms with E-state index in [0.29, 0.717) is 5.56 Å². The fourth-order valence-electron chi connectivity index (χ4n) is 1.85. The molecule has 0 saturated heterocycles. The van der Waals surface area contributed by atoms with Crippen LogP contribution in [0.4, 0.5) is 0 Å². The quantitative estimate of drug-likeness (QED) is 0.473. The molecule has 0 aliphatic carbocycles. The zero-order valence-electron chi connectivity index (χ0n) is 11.6. The molecule has 21 heavy (non-hydrogen) atoms. The third-order valence-electron chi connectivity index (χ3n) is 2.83. The van der Waals surface area contributed by atoms with Gasteiger partial charge in [0.1, 0.15) is 0 Å². The maximum atomic E-state index is 12.3. The van der Waals surface area contributed by atoms with Gasteiger partial charge in [0, 0.05) is 11.1 Å². The van der Waals surface area contributed by atoms with Crippen molar-refractivity contribution >= 4 is 11.8 Å². The average molecular weight is 295 g/mol. The van der Waals surface area contributed by atoms with Crippen molar-refractivity contribution in [2.24, 2.45) is 5.73 Å². The summed E-state index contributed by atoms with van der Waals surface area (Å²) in [5.74, 6) is -1.67. The smallest absolute Gasteiger partial charge is 0.548 e. The Morgan fingerprint density at radius 1 is 0.952 bits per heavy atom. The third-order valence-corrected chi connectivity index (χ3v) is 2.83. The van der Waals surface area contributed by atoms with E-state index in [1.54, 1.807) is 48.5 Å². The molecule has 0 heterocycles. The van der Waals surface area contributed by atoms with Crippen LogP contribution >= 0.6 is 0 Å². The number of carbonyl (C=O) groups excluding carboxylic acids is 2. The molecule has 5 nitrogen and oxygen atoms in total. The van der Waals surface area contributed by atoms with E-state index in [1.165, 1.54) is 6.07 Å². The molecule has 0 spiro atoms. The Balaban J connectivity index is 0.00000200. The summed E-state index contributed by atoms with van der Waals surface area (Å²) in [6.45, 7) is 0. The van der Waals surface area contributed by atoms with Gasteiger partial charge in [-0.3, -0.25) is 4.79 Å². The molecule has 0 saturated carbocycles. The van der Waals surface area contributed by atoms with Gasteiger partial charge < -0.3 is 21.1 Å². The van der Waals surface area contributed by atoms with Crippen LogP contribution in [0.3, 0.4) is 0 Å². The maximum absolute atomic E-state index is 12.3. The minimum absolute atomic E-state index is 0. The first-order valence-electron chi connectivity index (χ1n) is 5.76. The zero-order chi connectivity index (χ0) is 13.8. The van der Waals surface area contributed by atoms with Crippen LogP contribution in [0, 0.1) is 0 Å². The summed E-state index contributed by atoms with van der Waals surface area (Å²) in [5, 5.41) is 10.9. The molecule has 0 aromatic heterocycles. The normalized spacial score (nSPS) is 10.7. The molecule has 2 rings (SSSR count). The molecule has 2 aromatic carbocycles. The van der Waals surface area contributed by atoms with Crippen LogP contribution in [0.25, 0.3) is 0 Å². The van der Waals surface area contributed by atoms with Crippen molar-refractivity contribution in [2.45, 2.75) is 6.04 Å². The van der Waals surface area contributed by atoms with E-state index in [4.69, 9.17) is 5.73 Å². The van der Waals surface area contributed by atoms with E-state index in [1.807, 2.05) is 0 Å². The van der Waals surface area contributed by atoms with Gasteiger partial charge in [-0.15, -0.1) is 0 Å². The van der Waals surface area contributed by atoms with Crippen molar-refractivity contribution in [3.63, 3.8) is 0 Å². The van der Waals surface area contributed by atoms with Crippen LogP contribution in [0.1, 0.15) is 27.5 Å². The Labute approximate surface area is 144 Å². The summed E-state index contributed by atoms with van der Waals surface area (Å²) in [6, 6.07) is 13.7. The molecule has 2 aromatic rings. The Bertz CT molecular complexity index is 616. The third kappa shape index (κ3) is 4.49. The molecule has 0 aliphatic rings. The van der Waals surface area contributed by atoms with Gasteiger partial charge in [0.25, 0.3) is 0 Å². The summed E-state index contributed by atoms with van der Waals surface area (Å²) >= 11 is 0. The van der Waals surface area contributed by atoms with E-state index in [0.717, 1.165) is 0 Å². The summed E-state index contributed by atoms with van der Waals surface area (Å²) in [7, 11) is 0. The summed E-state index contributed by atoms with van der Waals surface area (Å²) in [4.78, 5) is 23.2. The Hall–Kier alpha value is -1.50. The minimum atomic E-state index is -1.41. The number of carbonyl (C=O) groups is 2. The second kappa shape index (κ2) is 8.71. The molecule has 0 bridgehead atoms. The van der Waals surface area contributed by atoms with Gasteiger partial charge in [-0.1, -0.05) is 54.6 Å². The number of benzene rings is 2. The maximum Gasteiger partial charge on any atom is 1.00 e. The van der Waals surface area contributed by atoms with E-state index >= 15 is 0 Å². The fraction of sp³-hybridized carbons (Fsp3) is 0.0667. The second-order valence-electron chi connectivity index (χ2n) is 4.08. The molecule has 1 unspecified atom stereocenters. The van der Waals surface area contributed by atoms with Crippen molar-refractivity contribution in [3.05, 3.63) is 71.3 Å². The molecule has 0 fully saturated rings. The molecular weight excluding hydrogens is 281 g/mol. The number of carboxylic acid groups (broad SMARTS) is 1. The van der Waals surface area contributed by atoms with Crippen molar-refractivity contribution in [1.82, 2.24) is 0 Å². The van der Waals surface area contributed by atoms with Gasteiger partial charge in [0.2, 0.25) is 0 Å². The van der Waals surface area contributed by atoms with Crippen LogP contribution < -0.4 is 40.4 Å². The molecule has 0 amide bonds. The monoisotopic (exact) mass is 295 g/mol. The van der Waals surface area contributed by atoms with Gasteiger partial charge in [-0.2, -0.15) is 0 Å². The van der Waals surface area contributed by atoms with E-state index in [-0.39, 0.29) is 51.9 Å². The number of nitrogens with two attached hydrogens (primary N) is 1. The largest absolute Gasteiger partial charge is 1.00 e. The SMILES string of the molecule is NC(C(=O)[O-])c1ccccc1C(=O)c1ccccc1.O.[Na+]. The van der Waals surface area contributed by atoms with Gasteiger partial charge in [-0.25, -0.2) is 0 Å². The Morgan fingerprint density at radius 2 is 1.48 bits per heavy atom. The topological polar surface area (TPSA) is 115 Å². The summed E-state index contributed by atoms with van der Waals surface area (Å²) in [5.41, 5.74) is 6.57. The fourth-order valence-corrected chi connectivity index (χ4v) is 1.85. The van der Waals surface area contributed by atoms with Crippen LogP contribution in [-0.4, -0.2) is 17.2 Å². The molecule has 6 heteroatoms. The van der Waals surface area contributed by atoms with Gasteiger partial charge in [0.05, 0.1) is 12.0 Å². The molecule has 0 radical (unpaired) electrons. The molecule has 1 atom stereocenters. The number of carboxylic acids is 1. The number of hydrogen-bond acceptors (Lipinski definition) is 4. The summed E-state index contributed by atoms with van der Waals surface area (Å²) in [6.07, 6.45) is 0. The number of aliphatic carboxylic acids is 1. The molecule has 0 aliphatic heterocycles. The Morgan fingerprint density at radius 3 is 2.05 bits per heavy atom. The van der Waals surface area contributed by atoms with E-state index in [9.17, 15) is 14.7 Å². The van der Waals surface area contributed by atoms with E-state index < -0.39 is 12.0 Å². The first-order valence-corrected chi connectivity index (χ1v) is 5.76. The average Bonchev–Trinajstić information content (AvgIpc) is 2.46. The number of ketones is 1. The van der Waals surface area contributed by atoms with Gasteiger partial charge >= 0.3 is 29.6 Å². The molecule has 104 valence electrons. The van der Waals surface area contributed by atoms with Crippen LogP contribution in [0.2, 0.25) is 0 Å². The standard InChI is InChI=1S/C15H13NO3.Na.H2O/c16-13(15(18)19)11-8-4-5-9-12(11)14(17)10-6-2-1-3-7-10;;/h1-9,13H,16H2,(H,18,19);;1H2/q;+1;/p-1. The van der Waals surface area contributed by atoms with Crippen LogP contribution in [0.15, 0.2) is 54.6 Å². The predicted octanol–water partition coefficient (Wildman–Crippen LogP) is -3.15. The number of hydrogen-bond donors (Lipinski definition) is 1. The summed E-state index contributed by atoms with van der Waals surface area (Å²) < 4.78 is 0. The van der Waals surface area contributed by atoms with Crippen molar-refractivity contribution < 1.29 is 49.7 Å². The van der Waals surface area contributed by atoms with Crippen molar-refractivity contribution in [2.75, 3.05) is 0 Å². The Kier molecular flexibility index (Phi) is 8.09. The van der Waals surface area contributed by atoms with Crippen LogP contribution in [-0.2, 0) is 4.79 Å². The predicted molar refractivity (Wildman–Crippen MR) is 71.9 cm³/mol. The first kappa shape index (κ1) is 19.5. The van der Waals surface area contributed by atoms with Crippen LogP contribution in [0.5, 0.6) is 0 Å².